The summed E-state index contributed by atoms with van der Waals surface area (Å²) >= 11 is 3.36. The number of amidine groups is 1. The van der Waals surface area contributed by atoms with E-state index in [9.17, 15) is 4.79 Å². The summed E-state index contributed by atoms with van der Waals surface area (Å²) in [6, 6.07) is 16.1. The predicted octanol–water partition coefficient (Wildman–Crippen LogP) is 2.92. The fourth-order valence-corrected chi connectivity index (χ4v) is 2.31. The third kappa shape index (κ3) is 3.61. The van der Waals surface area contributed by atoms with E-state index in [1.54, 1.807) is 36.4 Å². The van der Waals surface area contributed by atoms with Crippen LogP contribution in [0.2, 0.25) is 0 Å². The van der Waals surface area contributed by atoms with Crippen LogP contribution in [0.5, 0.6) is 0 Å². The van der Waals surface area contributed by atoms with Crippen molar-refractivity contribution in [3.8, 4) is 0 Å². The predicted molar refractivity (Wildman–Crippen MR) is 85.4 cm³/mol. The van der Waals surface area contributed by atoms with Gasteiger partial charge in [-0.3, -0.25) is 4.79 Å². The third-order valence-corrected chi connectivity index (χ3v) is 3.63. The lowest BCUT2D eigenvalue weighted by Gasteiger charge is -2.16. The number of para-hydroxylation sites is 1. The summed E-state index contributed by atoms with van der Waals surface area (Å²) in [6.07, 6.45) is 0. The van der Waals surface area contributed by atoms with E-state index in [2.05, 4.69) is 26.4 Å². The molecule has 2 aromatic carbocycles. The molecule has 0 aromatic heterocycles. The van der Waals surface area contributed by atoms with Gasteiger partial charge in [-0.25, -0.2) is 0 Å². The van der Waals surface area contributed by atoms with E-state index in [0.29, 0.717) is 11.3 Å². The van der Waals surface area contributed by atoms with E-state index >= 15 is 0 Å². The molecule has 0 heterocycles. The van der Waals surface area contributed by atoms with Gasteiger partial charge in [0, 0.05) is 4.47 Å². The number of rotatable bonds is 4. The maximum Gasteiger partial charge on any atom is 0.239 e. The molecule has 0 bridgehead atoms. The highest BCUT2D eigenvalue weighted by Gasteiger charge is 2.25. The van der Waals surface area contributed by atoms with Gasteiger partial charge in [-0.2, -0.15) is 0 Å². The highest BCUT2D eigenvalue weighted by molar-refractivity contribution is 9.10. The minimum absolute atomic E-state index is 0.161. The topological polar surface area (TPSA) is 87.7 Å². The molecule has 0 fully saturated rings. The first-order chi connectivity index (χ1) is 10.1. The number of hydrogen-bond donors (Lipinski definition) is 3. The molecule has 1 unspecified atom stereocenters. The van der Waals surface area contributed by atoms with Gasteiger partial charge < -0.3 is 16.3 Å². The van der Waals surface area contributed by atoms with Crippen LogP contribution in [0.25, 0.3) is 0 Å². The van der Waals surface area contributed by atoms with E-state index in [0.717, 1.165) is 4.47 Å². The fraction of sp³-hybridized carbons (Fsp3) is 0.0667. The molecule has 21 heavy (non-hydrogen) atoms. The zero-order valence-electron chi connectivity index (χ0n) is 11.0. The molecule has 1 amide bonds. The molecule has 4 N–H and O–H groups in total. The molecule has 0 spiro atoms. The van der Waals surface area contributed by atoms with Gasteiger partial charge in [-0.1, -0.05) is 47.6 Å². The summed E-state index contributed by atoms with van der Waals surface area (Å²) < 4.78 is 0.754. The van der Waals surface area contributed by atoms with Crippen molar-refractivity contribution < 1.29 is 10.0 Å². The average molecular weight is 348 g/mol. The standard InChI is InChI=1S/C15H14BrN3O2/c16-11-8-4-5-9-12(11)18-15(20)13(14(17)19-21)10-6-2-1-3-7-10/h1-9,13,21H,(H2,17,19)(H,18,20). The van der Waals surface area contributed by atoms with Crippen LogP contribution in [0.4, 0.5) is 5.69 Å². The lowest BCUT2D eigenvalue weighted by Crippen LogP contribution is -2.32. The summed E-state index contributed by atoms with van der Waals surface area (Å²) in [4.78, 5) is 12.5. The van der Waals surface area contributed by atoms with Gasteiger partial charge in [0.1, 0.15) is 5.92 Å². The Balaban J connectivity index is 2.30. The average Bonchev–Trinajstić information content (AvgIpc) is 2.50. The van der Waals surface area contributed by atoms with Crippen molar-refractivity contribution in [3.63, 3.8) is 0 Å². The second-order valence-electron chi connectivity index (χ2n) is 4.34. The second kappa shape index (κ2) is 6.90. The summed E-state index contributed by atoms with van der Waals surface area (Å²) in [7, 11) is 0. The summed E-state index contributed by atoms with van der Waals surface area (Å²) in [6.45, 7) is 0. The first-order valence-electron chi connectivity index (χ1n) is 6.21. The summed E-state index contributed by atoms with van der Waals surface area (Å²) in [5.74, 6) is -1.39. The van der Waals surface area contributed by atoms with Crippen LogP contribution < -0.4 is 11.1 Å². The van der Waals surface area contributed by atoms with Crippen molar-refractivity contribution in [1.29, 1.82) is 0 Å². The van der Waals surface area contributed by atoms with Crippen molar-refractivity contribution in [2.75, 3.05) is 5.32 Å². The van der Waals surface area contributed by atoms with E-state index in [1.165, 1.54) is 0 Å². The van der Waals surface area contributed by atoms with Crippen molar-refractivity contribution in [2.45, 2.75) is 5.92 Å². The molecule has 2 aromatic rings. The SMILES string of the molecule is NC(=NO)C(C(=O)Nc1ccccc1Br)c1ccccc1. The third-order valence-electron chi connectivity index (χ3n) is 2.94. The molecule has 0 aliphatic rings. The Kier molecular flexibility index (Phi) is 4.94. The minimum atomic E-state index is -0.858. The van der Waals surface area contributed by atoms with Crippen LogP contribution in [0.3, 0.4) is 0 Å². The molecule has 2 rings (SSSR count). The Morgan fingerprint density at radius 1 is 1.14 bits per heavy atom. The van der Waals surface area contributed by atoms with Crippen molar-refractivity contribution in [3.05, 3.63) is 64.6 Å². The molecule has 108 valence electrons. The first-order valence-corrected chi connectivity index (χ1v) is 7.00. The second-order valence-corrected chi connectivity index (χ2v) is 5.19. The van der Waals surface area contributed by atoms with Gasteiger partial charge in [0.2, 0.25) is 5.91 Å². The van der Waals surface area contributed by atoms with E-state index < -0.39 is 5.92 Å². The van der Waals surface area contributed by atoms with E-state index in [1.807, 2.05) is 18.2 Å². The minimum Gasteiger partial charge on any atom is -0.409 e. The summed E-state index contributed by atoms with van der Waals surface area (Å²) in [5.41, 5.74) is 6.94. The van der Waals surface area contributed by atoms with E-state index in [4.69, 9.17) is 10.9 Å². The van der Waals surface area contributed by atoms with Gasteiger partial charge in [0.25, 0.3) is 0 Å². The number of oxime groups is 1. The quantitative estimate of drug-likeness (QED) is 0.344. The molecule has 1 atom stereocenters. The lowest BCUT2D eigenvalue weighted by atomic mass is 9.97. The molecule has 0 saturated carbocycles. The largest absolute Gasteiger partial charge is 0.409 e. The highest BCUT2D eigenvalue weighted by Crippen LogP contribution is 2.24. The number of nitrogens with zero attached hydrogens (tertiary/aromatic N) is 1. The number of halogens is 1. The van der Waals surface area contributed by atoms with Crippen LogP contribution in [0, 0.1) is 0 Å². The molecular formula is C15H14BrN3O2. The van der Waals surface area contributed by atoms with Crippen LogP contribution >= 0.6 is 15.9 Å². The number of amides is 1. The monoisotopic (exact) mass is 347 g/mol. The number of carbonyl (C=O) groups excluding carboxylic acids is 1. The smallest absolute Gasteiger partial charge is 0.239 e. The number of carbonyl (C=O) groups is 1. The maximum absolute atomic E-state index is 12.5. The number of hydrogen-bond acceptors (Lipinski definition) is 3. The Morgan fingerprint density at radius 2 is 1.76 bits per heavy atom. The molecular weight excluding hydrogens is 334 g/mol. The fourth-order valence-electron chi connectivity index (χ4n) is 1.93. The normalized spacial score (nSPS) is 12.7. The van der Waals surface area contributed by atoms with Crippen LogP contribution in [-0.2, 0) is 4.79 Å². The van der Waals surface area contributed by atoms with Gasteiger partial charge in [-0.05, 0) is 33.6 Å². The van der Waals surface area contributed by atoms with Crippen molar-refractivity contribution in [1.82, 2.24) is 0 Å². The number of nitrogens with two attached hydrogens (primary N) is 1. The number of benzene rings is 2. The van der Waals surface area contributed by atoms with Crippen LogP contribution in [0.1, 0.15) is 11.5 Å². The molecule has 6 heteroatoms. The van der Waals surface area contributed by atoms with Crippen LogP contribution in [-0.4, -0.2) is 17.0 Å². The first kappa shape index (κ1) is 15.1. The number of anilines is 1. The van der Waals surface area contributed by atoms with Gasteiger partial charge in [0.05, 0.1) is 5.69 Å². The Bertz CT molecular complexity index is 659. The summed E-state index contributed by atoms with van der Waals surface area (Å²) in [5, 5.41) is 14.6. The van der Waals surface area contributed by atoms with Gasteiger partial charge in [0.15, 0.2) is 5.84 Å². The molecule has 0 aliphatic heterocycles. The van der Waals surface area contributed by atoms with Crippen molar-refractivity contribution >= 4 is 33.4 Å². The van der Waals surface area contributed by atoms with Crippen molar-refractivity contribution in [2.24, 2.45) is 10.9 Å². The van der Waals surface area contributed by atoms with Gasteiger partial charge >= 0.3 is 0 Å². The Hall–Kier alpha value is -2.34. The zero-order chi connectivity index (χ0) is 15.2. The van der Waals surface area contributed by atoms with Crippen LogP contribution in [0.15, 0.2) is 64.2 Å². The molecule has 0 radical (unpaired) electrons. The zero-order valence-corrected chi connectivity index (χ0v) is 12.6. The molecule has 0 aliphatic carbocycles. The maximum atomic E-state index is 12.5. The molecule has 0 saturated heterocycles. The van der Waals surface area contributed by atoms with Gasteiger partial charge in [-0.15, -0.1) is 0 Å². The molecule has 5 nitrogen and oxygen atoms in total. The van der Waals surface area contributed by atoms with E-state index in [-0.39, 0.29) is 11.7 Å². The number of nitrogens with one attached hydrogen (secondary N) is 1. The lowest BCUT2D eigenvalue weighted by molar-refractivity contribution is -0.116. The Morgan fingerprint density at radius 3 is 2.38 bits per heavy atom. The highest BCUT2D eigenvalue weighted by atomic mass is 79.9. The Labute approximate surface area is 130 Å².